The molecule has 69 heavy (non-hydrogen) atoms. The van der Waals surface area contributed by atoms with Crippen molar-refractivity contribution in [1.29, 1.82) is 0 Å². The zero-order valence-electron chi connectivity index (χ0n) is 43.0. The maximum absolute atomic E-state index is 13.0. The molecule has 9 heteroatoms. The average molecular weight is 960 g/mol. The average Bonchev–Trinajstić information content (AvgIpc) is 3.35. The molecule has 0 saturated carbocycles. The topological polar surface area (TPSA) is 149 Å². The van der Waals surface area contributed by atoms with Crippen molar-refractivity contribution >= 4 is 5.91 Å². The maximum atomic E-state index is 13.0. The fourth-order valence-corrected chi connectivity index (χ4v) is 7.44. The van der Waals surface area contributed by atoms with Gasteiger partial charge in [0.25, 0.3) is 0 Å². The Bertz CT molecular complexity index is 1530. The molecule has 7 unspecified atom stereocenters. The fraction of sp³-hybridized carbons (Fsp3) is 0.617. The Morgan fingerprint density at radius 2 is 0.913 bits per heavy atom. The summed E-state index contributed by atoms with van der Waals surface area (Å²) in [7, 11) is 0. The molecule has 1 aliphatic rings. The molecule has 390 valence electrons. The van der Waals surface area contributed by atoms with Crippen LogP contribution >= 0.6 is 0 Å². The van der Waals surface area contributed by atoms with Gasteiger partial charge in [0, 0.05) is 6.42 Å². The van der Waals surface area contributed by atoms with Gasteiger partial charge in [0.2, 0.25) is 5.91 Å². The van der Waals surface area contributed by atoms with E-state index in [2.05, 4.69) is 141 Å². The molecule has 1 aliphatic heterocycles. The highest BCUT2D eigenvalue weighted by Gasteiger charge is 2.44. The number of aliphatic hydroxyl groups is 5. The highest BCUT2D eigenvalue weighted by molar-refractivity contribution is 5.76. The Morgan fingerprint density at radius 1 is 0.507 bits per heavy atom. The van der Waals surface area contributed by atoms with E-state index in [1.54, 1.807) is 6.08 Å². The van der Waals surface area contributed by atoms with Crippen molar-refractivity contribution in [2.24, 2.45) is 0 Å². The van der Waals surface area contributed by atoms with Gasteiger partial charge in [-0.3, -0.25) is 4.79 Å². The zero-order valence-corrected chi connectivity index (χ0v) is 43.0. The second-order valence-electron chi connectivity index (χ2n) is 17.9. The summed E-state index contributed by atoms with van der Waals surface area (Å²) >= 11 is 0. The number of unbranched alkanes of at least 4 members (excludes halogenated alkanes) is 13. The normalized spacial score (nSPS) is 20.6. The van der Waals surface area contributed by atoms with Crippen molar-refractivity contribution in [1.82, 2.24) is 5.32 Å². The van der Waals surface area contributed by atoms with E-state index in [-0.39, 0.29) is 12.5 Å². The summed E-state index contributed by atoms with van der Waals surface area (Å²) in [4.78, 5) is 13.0. The summed E-state index contributed by atoms with van der Waals surface area (Å²) in [5.41, 5.74) is 0. The lowest BCUT2D eigenvalue weighted by Crippen LogP contribution is -2.60. The minimum Gasteiger partial charge on any atom is -0.394 e. The number of amides is 1. The second-order valence-corrected chi connectivity index (χ2v) is 17.9. The molecular weight excluding hydrogens is 863 g/mol. The SMILES string of the molecule is CC/C=C\C/C=C\C/C=C\C/C=C\C/C=C\C/C=C\C/C=C\C/C=C\CCCCCCC(=O)NC(COC1OC(CO)C(O)C(O)C1O)C(O)/C=C/CC/C=C/CC/C=C/CCCCCCCCC. The zero-order chi connectivity index (χ0) is 50.1. The van der Waals surface area contributed by atoms with Gasteiger partial charge in [0.05, 0.1) is 25.4 Å². The van der Waals surface area contributed by atoms with Crippen LogP contribution in [0.3, 0.4) is 0 Å². The number of allylic oxidation sites excluding steroid dienone is 21. The number of carbonyl (C=O) groups is 1. The molecular formula is C60H97NO8. The number of carbonyl (C=O) groups excluding carboxylic acids is 1. The van der Waals surface area contributed by atoms with Crippen LogP contribution in [0.5, 0.6) is 0 Å². The molecule has 1 heterocycles. The summed E-state index contributed by atoms with van der Waals surface area (Å²) in [5.74, 6) is -0.222. The first-order valence-electron chi connectivity index (χ1n) is 26.9. The van der Waals surface area contributed by atoms with Crippen molar-refractivity contribution in [3.05, 3.63) is 134 Å². The molecule has 0 aromatic heterocycles. The highest BCUT2D eigenvalue weighted by atomic mass is 16.7. The third-order valence-electron chi connectivity index (χ3n) is 11.7. The molecule has 1 saturated heterocycles. The number of hydrogen-bond acceptors (Lipinski definition) is 8. The number of nitrogens with one attached hydrogen (secondary N) is 1. The number of rotatable bonds is 43. The number of hydrogen-bond donors (Lipinski definition) is 6. The molecule has 0 spiro atoms. The van der Waals surface area contributed by atoms with Crippen LogP contribution in [0.25, 0.3) is 0 Å². The van der Waals surface area contributed by atoms with Crippen LogP contribution in [0.15, 0.2) is 134 Å². The van der Waals surface area contributed by atoms with Gasteiger partial charge >= 0.3 is 0 Å². The number of aliphatic hydroxyl groups excluding tert-OH is 5. The molecule has 9 nitrogen and oxygen atoms in total. The van der Waals surface area contributed by atoms with E-state index in [9.17, 15) is 30.3 Å². The Balaban J connectivity index is 2.33. The van der Waals surface area contributed by atoms with Gasteiger partial charge in [-0.2, -0.15) is 0 Å². The van der Waals surface area contributed by atoms with Crippen LogP contribution in [0.4, 0.5) is 0 Å². The van der Waals surface area contributed by atoms with Crippen molar-refractivity contribution in [2.75, 3.05) is 13.2 Å². The molecule has 0 bridgehead atoms. The predicted molar refractivity (Wildman–Crippen MR) is 290 cm³/mol. The van der Waals surface area contributed by atoms with E-state index < -0.39 is 49.5 Å². The van der Waals surface area contributed by atoms with Crippen LogP contribution in [-0.4, -0.2) is 87.5 Å². The van der Waals surface area contributed by atoms with Crippen molar-refractivity contribution in [3.8, 4) is 0 Å². The molecule has 0 aliphatic carbocycles. The fourth-order valence-electron chi connectivity index (χ4n) is 7.44. The number of ether oxygens (including phenoxy) is 2. The van der Waals surface area contributed by atoms with Gasteiger partial charge in [0.15, 0.2) is 6.29 Å². The van der Waals surface area contributed by atoms with E-state index in [4.69, 9.17) is 9.47 Å². The monoisotopic (exact) mass is 960 g/mol. The lowest BCUT2D eigenvalue weighted by molar-refractivity contribution is -0.302. The molecule has 7 atom stereocenters. The molecule has 1 rings (SSSR count). The summed E-state index contributed by atoms with van der Waals surface area (Å²) < 4.78 is 11.2. The van der Waals surface area contributed by atoms with Crippen LogP contribution in [0, 0.1) is 0 Å². The van der Waals surface area contributed by atoms with Gasteiger partial charge < -0.3 is 40.3 Å². The van der Waals surface area contributed by atoms with Crippen molar-refractivity contribution in [3.63, 3.8) is 0 Å². The third-order valence-corrected chi connectivity index (χ3v) is 11.7. The first kappa shape index (κ1) is 63.3. The molecule has 0 aromatic carbocycles. The van der Waals surface area contributed by atoms with Crippen molar-refractivity contribution < 1.29 is 39.8 Å². The Kier molecular flexibility index (Phi) is 44.0. The summed E-state index contributed by atoms with van der Waals surface area (Å²) in [6.07, 6.45) is 66.4. The summed E-state index contributed by atoms with van der Waals surface area (Å²) in [6, 6.07) is -0.852. The largest absolute Gasteiger partial charge is 0.394 e. The Hall–Kier alpha value is -3.67. The molecule has 6 N–H and O–H groups in total. The van der Waals surface area contributed by atoms with Gasteiger partial charge in [0.1, 0.15) is 24.4 Å². The quantitative estimate of drug-likeness (QED) is 0.0261. The van der Waals surface area contributed by atoms with Gasteiger partial charge in [-0.05, 0) is 109 Å². The van der Waals surface area contributed by atoms with Crippen LogP contribution in [0.1, 0.15) is 181 Å². The van der Waals surface area contributed by atoms with E-state index in [0.717, 1.165) is 103 Å². The molecule has 1 amide bonds. The maximum Gasteiger partial charge on any atom is 0.220 e. The van der Waals surface area contributed by atoms with E-state index >= 15 is 0 Å². The second kappa shape index (κ2) is 48.0. The van der Waals surface area contributed by atoms with Gasteiger partial charge in [-0.15, -0.1) is 0 Å². The van der Waals surface area contributed by atoms with Crippen LogP contribution < -0.4 is 5.32 Å². The van der Waals surface area contributed by atoms with E-state index in [1.807, 2.05) is 6.08 Å². The van der Waals surface area contributed by atoms with Crippen LogP contribution in [-0.2, 0) is 14.3 Å². The van der Waals surface area contributed by atoms with Gasteiger partial charge in [-0.25, -0.2) is 0 Å². The van der Waals surface area contributed by atoms with Gasteiger partial charge in [-0.1, -0.05) is 199 Å². The minimum atomic E-state index is -1.59. The van der Waals surface area contributed by atoms with E-state index in [1.165, 1.54) is 44.9 Å². The first-order chi connectivity index (χ1) is 33.8. The molecule has 1 fully saturated rings. The standard InChI is InChI=1S/C60H97NO8/c1-3-5-7-9-11-13-15-17-19-21-22-23-24-25-26-27-28-29-30-31-32-34-36-38-40-42-44-46-48-50-56(64)61-53(52-68-60-59(67)58(66)57(65)55(51-62)69-60)54(63)49-47-45-43-41-39-37-35-33-20-18-16-14-12-10-8-6-4-2/h5,7,11,13,17,19-20,22-23,25-26,28-29,31-33,36,38-39,41,47,49,53-55,57-60,62-63,65-67H,3-4,6,8-10,12,14-16,18,21,24,27,30,34-35,37,40,42-46,48,50-52H2,1-2H3,(H,61,64)/b7-5-,13-11-,19-17-,23-22-,26-25-,29-28-,32-31-,33-20+,38-36-,41-39+,49-47+. The summed E-state index contributed by atoms with van der Waals surface area (Å²) in [6.45, 7) is 3.60. The smallest absolute Gasteiger partial charge is 0.220 e. The lowest BCUT2D eigenvalue weighted by Gasteiger charge is -2.40. The first-order valence-corrected chi connectivity index (χ1v) is 26.9. The highest BCUT2D eigenvalue weighted by Crippen LogP contribution is 2.22. The van der Waals surface area contributed by atoms with Crippen LogP contribution in [0.2, 0.25) is 0 Å². The molecule has 0 radical (unpaired) electrons. The molecule has 0 aromatic rings. The van der Waals surface area contributed by atoms with Crippen molar-refractivity contribution in [2.45, 2.75) is 224 Å². The Labute approximate surface area is 420 Å². The summed E-state index contributed by atoms with van der Waals surface area (Å²) in [5, 5.41) is 54.3. The Morgan fingerprint density at radius 3 is 1.39 bits per heavy atom. The third kappa shape index (κ3) is 37.8. The van der Waals surface area contributed by atoms with E-state index in [0.29, 0.717) is 19.3 Å². The predicted octanol–water partition coefficient (Wildman–Crippen LogP) is 12.9. The lowest BCUT2D eigenvalue weighted by atomic mass is 9.99. The minimum absolute atomic E-state index is 0.222.